The van der Waals surface area contributed by atoms with Crippen LogP contribution in [0.1, 0.15) is 264 Å². The number of carbonyl (C=O) groups is 1. The van der Waals surface area contributed by atoms with E-state index in [9.17, 15) is 30.3 Å². The van der Waals surface area contributed by atoms with Crippen LogP contribution in [0.5, 0.6) is 0 Å². The van der Waals surface area contributed by atoms with E-state index in [1.807, 2.05) is 6.08 Å². The molecule has 0 bridgehead atoms. The standard InChI is InChI=1S/C55H105NO8/c1-3-5-7-9-11-13-15-17-19-21-23-25-26-28-30-32-34-36-38-40-42-44-49(58)48(47-63-55-54(62)53(61)52(60)50(46-57)64-55)56-51(59)45-43-41-39-37-35-33-31-29-27-24-22-20-18-16-14-12-10-8-6-4-2/h24,27,42,44,48-50,52-55,57-58,60-62H,3-23,25-26,28-41,43,45-47H2,1-2H3,(H,56,59)/b27-24-,44-42+. The fraction of sp³-hybridized carbons (Fsp3) is 0.909. The Bertz CT molecular complexity index is 1060. The fourth-order valence-electron chi connectivity index (χ4n) is 8.86. The minimum atomic E-state index is -1.57. The lowest BCUT2D eigenvalue weighted by atomic mass is 9.99. The Balaban J connectivity index is 2.26. The first-order chi connectivity index (χ1) is 31.3. The Kier molecular flexibility index (Phi) is 43.1. The van der Waals surface area contributed by atoms with Gasteiger partial charge in [-0.25, -0.2) is 0 Å². The Morgan fingerprint density at radius 3 is 1.27 bits per heavy atom. The number of aliphatic hydroxyl groups is 5. The fourth-order valence-corrected chi connectivity index (χ4v) is 8.86. The van der Waals surface area contributed by atoms with Gasteiger partial charge in [-0.1, -0.05) is 237 Å². The Morgan fingerprint density at radius 2 is 0.875 bits per heavy atom. The second kappa shape index (κ2) is 45.5. The first-order valence-electron chi connectivity index (χ1n) is 27.6. The summed E-state index contributed by atoms with van der Waals surface area (Å²) in [5, 5.41) is 54.5. The molecule has 0 saturated carbocycles. The summed E-state index contributed by atoms with van der Waals surface area (Å²) in [6.07, 6.45) is 49.4. The normalized spacial score (nSPS) is 20.1. The highest BCUT2D eigenvalue weighted by Gasteiger charge is 2.44. The van der Waals surface area contributed by atoms with Crippen LogP contribution in [-0.4, -0.2) is 87.5 Å². The Labute approximate surface area is 394 Å². The maximum atomic E-state index is 13.0. The van der Waals surface area contributed by atoms with Crippen molar-refractivity contribution in [1.29, 1.82) is 0 Å². The summed E-state index contributed by atoms with van der Waals surface area (Å²) in [6, 6.07) is -0.805. The van der Waals surface area contributed by atoms with Gasteiger partial charge >= 0.3 is 0 Å². The number of amides is 1. The number of hydrogen-bond acceptors (Lipinski definition) is 8. The molecule has 0 aromatic heterocycles. The van der Waals surface area contributed by atoms with Gasteiger partial charge in [0.2, 0.25) is 5.91 Å². The van der Waals surface area contributed by atoms with Gasteiger partial charge in [-0.05, 0) is 44.9 Å². The van der Waals surface area contributed by atoms with Crippen LogP contribution in [0.15, 0.2) is 24.3 Å². The highest BCUT2D eigenvalue weighted by atomic mass is 16.7. The number of carbonyl (C=O) groups excluding carboxylic acids is 1. The van der Waals surface area contributed by atoms with Crippen molar-refractivity contribution in [2.24, 2.45) is 0 Å². The molecular weight excluding hydrogens is 803 g/mol. The number of nitrogens with one attached hydrogen (secondary N) is 1. The average molecular weight is 908 g/mol. The second-order valence-corrected chi connectivity index (χ2v) is 19.4. The van der Waals surface area contributed by atoms with Gasteiger partial charge in [-0.2, -0.15) is 0 Å². The summed E-state index contributed by atoms with van der Waals surface area (Å²) in [6.45, 7) is 3.80. The zero-order valence-electron chi connectivity index (χ0n) is 41.8. The third-order valence-corrected chi connectivity index (χ3v) is 13.3. The highest BCUT2D eigenvalue weighted by Crippen LogP contribution is 2.23. The monoisotopic (exact) mass is 908 g/mol. The molecule has 1 aliphatic rings. The molecule has 0 spiro atoms. The maximum Gasteiger partial charge on any atom is 0.220 e. The van der Waals surface area contributed by atoms with E-state index in [1.54, 1.807) is 6.08 Å². The van der Waals surface area contributed by atoms with Gasteiger partial charge in [-0.3, -0.25) is 4.79 Å². The quantitative estimate of drug-likeness (QED) is 0.0261. The van der Waals surface area contributed by atoms with Crippen molar-refractivity contribution in [1.82, 2.24) is 5.32 Å². The van der Waals surface area contributed by atoms with E-state index in [-0.39, 0.29) is 12.5 Å². The predicted molar refractivity (Wildman–Crippen MR) is 267 cm³/mol. The molecule has 7 atom stereocenters. The number of aliphatic hydroxyl groups excluding tert-OH is 5. The van der Waals surface area contributed by atoms with E-state index in [1.165, 1.54) is 205 Å². The summed E-state index contributed by atoms with van der Waals surface area (Å²) >= 11 is 0. The molecule has 9 heteroatoms. The molecule has 7 unspecified atom stereocenters. The first-order valence-corrected chi connectivity index (χ1v) is 27.6. The van der Waals surface area contributed by atoms with Crippen molar-refractivity contribution in [3.8, 4) is 0 Å². The number of hydrogen-bond donors (Lipinski definition) is 6. The molecule has 0 aliphatic carbocycles. The lowest BCUT2D eigenvalue weighted by molar-refractivity contribution is -0.302. The second-order valence-electron chi connectivity index (χ2n) is 19.4. The van der Waals surface area contributed by atoms with Gasteiger partial charge in [0.15, 0.2) is 6.29 Å². The summed E-state index contributed by atoms with van der Waals surface area (Å²) in [5.74, 6) is -0.178. The largest absolute Gasteiger partial charge is 0.394 e. The van der Waals surface area contributed by atoms with Crippen molar-refractivity contribution in [2.75, 3.05) is 13.2 Å². The van der Waals surface area contributed by atoms with Crippen LogP contribution in [-0.2, 0) is 14.3 Å². The van der Waals surface area contributed by atoms with Crippen molar-refractivity contribution >= 4 is 5.91 Å². The molecule has 1 saturated heterocycles. The van der Waals surface area contributed by atoms with Gasteiger partial charge in [-0.15, -0.1) is 0 Å². The average Bonchev–Trinajstić information content (AvgIpc) is 3.29. The summed E-state index contributed by atoms with van der Waals surface area (Å²) in [4.78, 5) is 13.0. The van der Waals surface area contributed by atoms with Crippen LogP contribution in [0.4, 0.5) is 0 Å². The zero-order valence-corrected chi connectivity index (χ0v) is 41.8. The third-order valence-electron chi connectivity index (χ3n) is 13.3. The van der Waals surface area contributed by atoms with Gasteiger partial charge in [0, 0.05) is 6.42 Å². The molecule has 6 N–H and O–H groups in total. The Morgan fingerprint density at radius 1 is 0.516 bits per heavy atom. The van der Waals surface area contributed by atoms with Crippen LogP contribution in [0.25, 0.3) is 0 Å². The number of ether oxygens (including phenoxy) is 2. The third kappa shape index (κ3) is 34.9. The van der Waals surface area contributed by atoms with E-state index >= 15 is 0 Å². The van der Waals surface area contributed by atoms with Gasteiger partial charge < -0.3 is 40.3 Å². The SMILES string of the molecule is CCCCCCCCCCC/C=C\CCCCCCCCCC(=O)NC(COC1OC(CO)C(O)C(O)C1O)C(O)/C=C/CCCCCCCCCCCCCCCCCCCCC. The Hall–Kier alpha value is -1.33. The van der Waals surface area contributed by atoms with Gasteiger partial charge in [0.25, 0.3) is 0 Å². The molecule has 1 fully saturated rings. The highest BCUT2D eigenvalue weighted by molar-refractivity contribution is 5.76. The van der Waals surface area contributed by atoms with Crippen LogP contribution in [0.3, 0.4) is 0 Å². The summed E-state index contributed by atoms with van der Waals surface area (Å²) in [5.41, 5.74) is 0. The summed E-state index contributed by atoms with van der Waals surface area (Å²) in [7, 11) is 0. The topological polar surface area (TPSA) is 149 Å². The molecule has 378 valence electrons. The predicted octanol–water partition coefficient (Wildman–Crippen LogP) is 13.0. The van der Waals surface area contributed by atoms with Crippen molar-refractivity contribution < 1.29 is 39.8 Å². The molecule has 0 aromatic carbocycles. The van der Waals surface area contributed by atoms with Gasteiger partial charge in [0.05, 0.1) is 25.4 Å². The molecule has 64 heavy (non-hydrogen) atoms. The molecule has 1 aliphatic heterocycles. The first kappa shape index (κ1) is 60.7. The molecule has 1 amide bonds. The molecule has 0 radical (unpaired) electrons. The zero-order chi connectivity index (χ0) is 46.6. The van der Waals surface area contributed by atoms with E-state index < -0.39 is 49.5 Å². The number of rotatable bonds is 47. The minimum Gasteiger partial charge on any atom is -0.394 e. The molecular formula is C55H105NO8. The van der Waals surface area contributed by atoms with E-state index in [0.717, 1.165) is 38.5 Å². The maximum absolute atomic E-state index is 13.0. The minimum absolute atomic E-state index is 0.178. The van der Waals surface area contributed by atoms with E-state index in [0.29, 0.717) is 6.42 Å². The molecule has 9 nitrogen and oxygen atoms in total. The molecule has 1 heterocycles. The van der Waals surface area contributed by atoms with Crippen LogP contribution < -0.4 is 5.32 Å². The lowest BCUT2D eigenvalue weighted by Gasteiger charge is -2.40. The van der Waals surface area contributed by atoms with Crippen molar-refractivity contribution in [2.45, 2.75) is 307 Å². The van der Waals surface area contributed by atoms with Gasteiger partial charge in [0.1, 0.15) is 24.4 Å². The number of unbranched alkanes of at least 4 members (excludes halogenated alkanes) is 35. The van der Waals surface area contributed by atoms with Crippen molar-refractivity contribution in [3.63, 3.8) is 0 Å². The molecule has 1 rings (SSSR count). The van der Waals surface area contributed by atoms with E-state index in [2.05, 4.69) is 31.3 Å². The van der Waals surface area contributed by atoms with E-state index in [4.69, 9.17) is 9.47 Å². The van der Waals surface area contributed by atoms with Crippen LogP contribution in [0, 0.1) is 0 Å². The van der Waals surface area contributed by atoms with Crippen LogP contribution >= 0.6 is 0 Å². The lowest BCUT2D eigenvalue weighted by Crippen LogP contribution is -2.60. The smallest absolute Gasteiger partial charge is 0.220 e. The summed E-state index contributed by atoms with van der Waals surface area (Å²) < 4.78 is 11.3. The number of allylic oxidation sites excluding steroid dienone is 3. The van der Waals surface area contributed by atoms with Crippen LogP contribution in [0.2, 0.25) is 0 Å². The van der Waals surface area contributed by atoms with Crippen molar-refractivity contribution in [3.05, 3.63) is 24.3 Å². The molecule has 0 aromatic rings.